The predicted molar refractivity (Wildman–Crippen MR) is 103 cm³/mol. The number of allylic oxidation sites excluding steroid dienone is 1. The standard InChI is InChI=1S/C21H20N4O2/c1-11-18-12(2)20(21(27)23-9-8-22-13(3)26)25-17(18)10-15-14-6-4-5-7-16(14)24-19(11)15/h4-7,10H,8-9H2,1-3H3,(H,22,26)(H,23,27). The Bertz CT molecular complexity index is 1150. The van der Waals surface area contributed by atoms with Crippen LogP contribution in [0.3, 0.4) is 0 Å². The number of hydrogen-bond acceptors (Lipinski definition) is 4. The van der Waals surface area contributed by atoms with Gasteiger partial charge in [0, 0.05) is 36.7 Å². The summed E-state index contributed by atoms with van der Waals surface area (Å²) in [5.41, 5.74) is 6.43. The number of amides is 2. The fourth-order valence-corrected chi connectivity index (χ4v) is 3.66. The minimum atomic E-state index is -0.231. The summed E-state index contributed by atoms with van der Waals surface area (Å²) in [7, 11) is 0. The Kier molecular flexibility index (Phi) is 4.11. The molecular formula is C21H20N4O2. The van der Waals surface area contributed by atoms with E-state index in [-0.39, 0.29) is 11.8 Å². The molecular weight excluding hydrogens is 340 g/mol. The van der Waals surface area contributed by atoms with Gasteiger partial charge in [-0.1, -0.05) is 18.2 Å². The molecule has 0 saturated heterocycles. The third kappa shape index (κ3) is 2.83. The zero-order chi connectivity index (χ0) is 19.1. The van der Waals surface area contributed by atoms with Gasteiger partial charge >= 0.3 is 0 Å². The average molecular weight is 360 g/mol. The molecule has 2 aromatic rings. The summed E-state index contributed by atoms with van der Waals surface area (Å²) in [6, 6.07) is 10.1. The van der Waals surface area contributed by atoms with Crippen molar-refractivity contribution >= 4 is 23.1 Å². The number of carbonyl (C=O) groups excluding carboxylic acids is 2. The van der Waals surface area contributed by atoms with E-state index in [1.54, 1.807) is 0 Å². The highest BCUT2D eigenvalue weighted by atomic mass is 16.2. The van der Waals surface area contributed by atoms with Crippen molar-refractivity contribution in [1.82, 2.24) is 10.6 Å². The van der Waals surface area contributed by atoms with E-state index in [2.05, 4.69) is 21.7 Å². The van der Waals surface area contributed by atoms with Crippen LogP contribution in [-0.4, -0.2) is 24.9 Å². The molecule has 2 amide bonds. The second-order valence-corrected chi connectivity index (χ2v) is 6.75. The molecule has 136 valence electrons. The van der Waals surface area contributed by atoms with Crippen molar-refractivity contribution in [1.29, 1.82) is 0 Å². The smallest absolute Gasteiger partial charge is 0.270 e. The Morgan fingerprint density at radius 3 is 2.52 bits per heavy atom. The first-order chi connectivity index (χ1) is 13.0. The summed E-state index contributed by atoms with van der Waals surface area (Å²) < 4.78 is 0. The van der Waals surface area contributed by atoms with E-state index < -0.39 is 0 Å². The largest absolute Gasteiger partial charge is 0.355 e. The Morgan fingerprint density at radius 2 is 1.74 bits per heavy atom. The SMILES string of the molecule is CC(=O)NCCNC(=O)C1=C(C)c2c(C)c3c(cc2=N1)-c1ccccc1N=3. The van der Waals surface area contributed by atoms with Crippen molar-refractivity contribution in [2.75, 3.05) is 13.1 Å². The van der Waals surface area contributed by atoms with Crippen LogP contribution in [0.1, 0.15) is 25.0 Å². The fourth-order valence-electron chi connectivity index (χ4n) is 3.66. The number of carbonyl (C=O) groups is 2. The second-order valence-electron chi connectivity index (χ2n) is 6.75. The molecule has 0 radical (unpaired) electrons. The van der Waals surface area contributed by atoms with Gasteiger partial charge in [0.1, 0.15) is 5.70 Å². The Balaban J connectivity index is 1.67. The first-order valence-electron chi connectivity index (χ1n) is 8.91. The zero-order valence-corrected chi connectivity index (χ0v) is 15.5. The molecule has 27 heavy (non-hydrogen) atoms. The van der Waals surface area contributed by atoms with Crippen molar-refractivity contribution in [3.8, 4) is 11.1 Å². The van der Waals surface area contributed by atoms with Crippen molar-refractivity contribution in [3.05, 3.63) is 57.9 Å². The molecule has 0 spiro atoms. The van der Waals surface area contributed by atoms with Crippen LogP contribution in [0.4, 0.5) is 5.69 Å². The average Bonchev–Trinajstić information content (AvgIpc) is 3.17. The molecule has 0 atom stereocenters. The van der Waals surface area contributed by atoms with Gasteiger partial charge < -0.3 is 10.6 Å². The molecule has 0 saturated carbocycles. The number of benzene rings is 2. The van der Waals surface area contributed by atoms with E-state index in [0.29, 0.717) is 18.8 Å². The van der Waals surface area contributed by atoms with E-state index in [1.807, 2.05) is 38.1 Å². The quantitative estimate of drug-likeness (QED) is 0.692. The van der Waals surface area contributed by atoms with Crippen LogP contribution in [0.5, 0.6) is 0 Å². The molecule has 0 fully saturated rings. The minimum Gasteiger partial charge on any atom is -0.355 e. The van der Waals surface area contributed by atoms with Gasteiger partial charge in [-0.05, 0) is 37.1 Å². The number of para-hydroxylation sites is 1. The molecule has 2 aliphatic rings. The highest BCUT2D eigenvalue weighted by molar-refractivity contribution is 6.02. The normalized spacial score (nSPS) is 13.3. The van der Waals surface area contributed by atoms with Crippen LogP contribution in [-0.2, 0) is 9.59 Å². The fraction of sp³-hybridized carbons (Fsp3) is 0.238. The monoisotopic (exact) mass is 360 g/mol. The molecule has 2 N–H and O–H groups in total. The van der Waals surface area contributed by atoms with Gasteiger partial charge in [0.25, 0.3) is 5.91 Å². The maximum absolute atomic E-state index is 12.5. The molecule has 2 heterocycles. The molecule has 4 rings (SSSR count). The summed E-state index contributed by atoms with van der Waals surface area (Å²) in [6.45, 7) is 6.15. The summed E-state index contributed by atoms with van der Waals surface area (Å²) in [6.07, 6.45) is 0. The van der Waals surface area contributed by atoms with Gasteiger partial charge in [0.15, 0.2) is 0 Å². The van der Waals surface area contributed by atoms with Gasteiger partial charge in [-0.15, -0.1) is 0 Å². The maximum atomic E-state index is 12.5. The van der Waals surface area contributed by atoms with Crippen LogP contribution in [0.25, 0.3) is 16.7 Å². The minimum absolute atomic E-state index is 0.119. The van der Waals surface area contributed by atoms with E-state index >= 15 is 0 Å². The summed E-state index contributed by atoms with van der Waals surface area (Å²) in [5, 5.41) is 7.23. The van der Waals surface area contributed by atoms with Crippen molar-refractivity contribution in [2.45, 2.75) is 20.8 Å². The van der Waals surface area contributed by atoms with Gasteiger partial charge in [-0.3, -0.25) is 9.59 Å². The molecule has 6 heteroatoms. The Labute approximate surface area is 156 Å². The molecule has 0 aliphatic carbocycles. The van der Waals surface area contributed by atoms with E-state index in [1.165, 1.54) is 6.92 Å². The number of hydrogen-bond donors (Lipinski definition) is 2. The van der Waals surface area contributed by atoms with Gasteiger partial charge in [0.05, 0.1) is 16.4 Å². The lowest BCUT2D eigenvalue weighted by atomic mass is 9.96. The molecule has 6 nitrogen and oxygen atoms in total. The molecule has 2 aromatic carbocycles. The van der Waals surface area contributed by atoms with Gasteiger partial charge in [-0.25, -0.2) is 9.98 Å². The lowest BCUT2D eigenvalue weighted by Gasteiger charge is -2.07. The third-order valence-corrected chi connectivity index (χ3v) is 4.91. The lowest BCUT2D eigenvalue weighted by Crippen LogP contribution is -2.34. The Hall–Kier alpha value is -3.28. The van der Waals surface area contributed by atoms with Crippen LogP contribution < -0.4 is 21.3 Å². The van der Waals surface area contributed by atoms with Crippen molar-refractivity contribution in [2.24, 2.45) is 9.98 Å². The summed E-state index contributed by atoms with van der Waals surface area (Å²) >= 11 is 0. The van der Waals surface area contributed by atoms with Gasteiger partial charge in [0.2, 0.25) is 5.91 Å². The number of rotatable bonds is 4. The van der Waals surface area contributed by atoms with Crippen molar-refractivity contribution < 1.29 is 9.59 Å². The number of fused-ring (bicyclic) bond motifs is 4. The number of nitrogens with zero attached hydrogens (tertiary/aromatic N) is 2. The maximum Gasteiger partial charge on any atom is 0.270 e. The van der Waals surface area contributed by atoms with Crippen molar-refractivity contribution in [3.63, 3.8) is 0 Å². The summed E-state index contributed by atoms with van der Waals surface area (Å²) in [5.74, 6) is -0.349. The van der Waals surface area contributed by atoms with Crippen LogP contribution in [0.15, 0.2) is 46.0 Å². The first-order valence-corrected chi connectivity index (χ1v) is 8.91. The molecule has 0 unspecified atom stereocenters. The van der Waals surface area contributed by atoms with E-state index in [4.69, 9.17) is 4.99 Å². The Morgan fingerprint density at radius 1 is 1.00 bits per heavy atom. The third-order valence-electron chi connectivity index (χ3n) is 4.91. The highest BCUT2D eigenvalue weighted by Gasteiger charge is 2.25. The topological polar surface area (TPSA) is 82.9 Å². The van der Waals surface area contributed by atoms with Crippen LogP contribution in [0, 0.1) is 6.92 Å². The van der Waals surface area contributed by atoms with E-state index in [0.717, 1.165) is 44.2 Å². The lowest BCUT2D eigenvalue weighted by molar-refractivity contribution is -0.120. The molecule has 2 aliphatic heterocycles. The zero-order valence-electron chi connectivity index (χ0n) is 15.5. The van der Waals surface area contributed by atoms with Gasteiger partial charge in [-0.2, -0.15) is 0 Å². The number of nitrogens with one attached hydrogen (secondary N) is 2. The van der Waals surface area contributed by atoms with E-state index in [9.17, 15) is 9.59 Å². The summed E-state index contributed by atoms with van der Waals surface area (Å²) in [4.78, 5) is 32.8. The molecule has 0 aromatic heterocycles. The highest BCUT2D eigenvalue weighted by Crippen LogP contribution is 2.34. The second kappa shape index (κ2) is 6.46. The predicted octanol–water partition coefficient (Wildman–Crippen LogP) is 1.54. The van der Waals surface area contributed by atoms with Crippen LogP contribution >= 0.6 is 0 Å². The van der Waals surface area contributed by atoms with Crippen LogP contribution in [0.2, 0.25) is 0 Å². The molecule has 0 bridgehead atoms. The first kappa shape index (κ1) is 17.1.